The molecule has 0 fully saturated rings. The Morgan fingerprint density at radius 2 is 2.41 bits per heavy atom. The molecule has 1 aromatic heterocycles. The first-order valence-electron chi connectivity index (χ1n) is 5.06. The van der Waals surface area contributed by atoms with Crippen molar-refractivity contribution in [1.82, 2.24) is 4.98 Å². The molecule has 0 aliphatic rings. The smallest absolute Gasteiger partial charge is 0.309 e. The van der Waals surface area contributed by atoms with Crippen molar-refractivity contribution in [1.29, 1.82) is 0 Å². The Kier molecular flexibility index (Phi) is 4.80. The Bertz CT molecular complexity index is 443. The largest absolute Gasteiger partial charge is 0.466 e. The third-order valence-corrected chi connectivity index (χ3v) is 1.85. The van der Waals surface area contributed by atoms with Crippen LogP contribution in [0.25, 0.3) is 6.08 Å². The summed E-state index contributed by atoms with van der Waals surface area (Å²) in [5.74, 6) is -0.339. The molecule has 0 spiro atoms. The van der Waals surface area contributed by atoms with Crippen molar-refractivity contribution in [2.75, 3.05) is 6.61 Å². The fourth-order valence-corrected chi connectivity index (χ4v) is 1.14. The lowest BCUT2D eigenvalue weighted by Crippen LogP contribution is -2.01. The van der Waals surface area contributed by atoms with E-state index in [1.165, 1.54) is 18.3 Å². The molecule has 0 aliphatic carbocycles. The van der Waals surface area contributed by atoms with Crippen LogP contribution in [-0.4, -0.2) is 22.5 Å². The molecule has 6 nitrogen and oxygen atoms in total. The summed E-state index contributed by atoms with van der Waals surface area (Å²) in [5, 5.41) is 10.5. The highest BCUT2D eigenvalue weighted by Gasteiger charge is 2.04. The number of carbonyl (C=O) groups excluding carboxylic acids is 1. The number of nitrogens with zero attached hydrogens (tertiary/aromatic N) is 2. The summed E-state index contributed by atoms with van der Waals surface area (Å²) < 4.78 is 4.72. The van der Waals surface area contributed by atoms with E-state index in [1.54, 1.807) is 19.1 Å². The lowest BCUT2D eigenvalue weighted by Gasteiger charge is -1.96. The number of carbonyl (C=O) groups is 1. The molecule has 0 aliphatic heterocycles. The van der Waals surface area contributed by atoms with Crippen LogP contribution in [0.2, 0.25) is 0 Å². The summed E-state index contributed by atoms with van der Waals surface area (Å²) in [6.07, 6.45) is 4.58. The zero-order chi connectivity index (χ0) is 12.7. The van der Waals surface area contributed by atoms with Gasteiger partial charge in [-0.15, -0.1) is 0 Å². The number of hydrogen-bond donors (Lipinski definition) is 0. The van der Waals surface area contributed by atoms with E-state index in [-0.39, 0.29) is 18.1 Å². The second kappa shape index (κ2) is 6.37. The van der Waals surface area contributed by atoms with Crippen molar-refractivity contribution < 1.29 is 14.5 Å². The van der Waals surface area contributed by atoms with Crippen molar-refractivity contribution in [3.8, 4) is 0 Å². The quantitative estimate of drug-likeness (QED) is 0.443. The van der Waals surface area contributed by atoms with E-state index in [2.05, 4.69) is 4.98 Å². The van der Waals surface area contributed by atoms with Gasteiger partial charge in [-0.1, -0.05) is 6.08 Å². The molecule has 90 valence electrons. The summed E-state index contributed by atoms with van der Waals surface area (Å²) in [7, 11) is 0. The van der Waals surface area contributed by atoms with E-state index >= 15 is 0 Å². The zero-order valence-corrected chi connectivity index (χ0v) is 9.33. The fraction of sp³-hybridized carbons (Fsp3) is 0.273. The third kappa shape index (κ3) is 4.42. The highest BCUT2D eigenvalue weighted by molar-refractivity contribution is 5.72. The minimum absolute atomic E-state index is 0.0317. The Hall–Kier alpha value is -2.24. The number of pyridine rings is 1. The molecule has 1 aromatic rings. The van der Waals surface area contributed by atoms with Crippen LogP contribution >= 0.6 is 0 Å². The van der Waals surface area contributed by atoms with E-state index in [0.29, 0.717) is 12.3 Å². The number of aromatic nitrogens is 1. The molecular weight excluding hydrogens is 224 g/mol. The number of ether oxygens (including phenoxy) is 1. The van der Waals surface area contributed by atoms with E-state index < -0.39 is 4.92 Å². The summed E-state index contributed by atoms with van der Waals surface area (Å²) in [6, 6.07) is 2.64. The lowest BCUT2D eigenvalue weighted by molar-refractivity contribution is -0.384. The molecular formula is C11H12N2O4. The monoisotopic (exact) mass is 236 g/mol. The van der Waals surface area contributed by atoms with Gasteiger partial charge in [0.15, 0.2) is 0 Å². The van der Waals surface area contributed by atoms with Crippen LogP contribution in [-0.2, 0) is 9.53 Å². The van der Waals surface area contributed by atoms with Gasteiger partial charge in [0, 0.05) is 18.3 Å². The predicted octanol–water partition coefficient (Wildman–Crippen LogP) is 1.96. The fourth-order valence-electron chi connectivity index (χ4n) is 1.14. The first-order chi connectivity index (χ1) is 8.13. The topological polar surface area (TPSA) is 82.3 Å². The summed E-state index contributed by atoms with van der Waals surface area (Å²) in [4.78, 5) is 24.9. The molecule has 0 unspecified atom stereocenters. The van der Waals surface area contributed by atoms with Gasteiger partial charge in [-0.05, 0) is 13.0 Å². The van der Waals surface area contributed by atoms with Crippen LogP contribution in [0.1, 0.15) is 19.0 Å². The first kappa shape index (κ1) is 12.8. The van der Waals surface area contributed by atoms with E-state index in [1.807, 2.05) is 0 Å². The van der Waals surface area contributed by atoms with Crippen LogP contribution in [0.4, 0.5) is 5.69 Å². The zero-order valence-electron chi connectivity index (χ0n) is 9.33. The van der Waals surface area contributed by atoms with Gasteiger partial charge in [0.2, 0.25) is 0 Å². The highest BCUT2D eigenvalue weighted by atomic mass is 16.6. The molecule has 0 radical (unpaired) electrons. The van der Waals surface area contributed by atoms with E-state index in [9.17, 15) is 14.9 Å². The Morgan fingerprint density at radius 3 is 3.06 bits per heavy atom. The third-order valence-electron chi connectivity index (χ3n) is 1.85. The highest BCUT2D eigenvalue weighted by Crippen LogP contribution is 2.11. The van der Waals surface area contributed by atoms with Gasteiger partial charge >= 0.3 is 5.97 Å². The van der Waals surface area contributed by atoms with Gasteiger partial charge in [0.25, 0.3) is 5.69 Å². The maximum atomic E-state index is 11.0. The van der Waals surface area contributed by atoms with Gasteiger partial charge < -0.3 is 4.74 Å². The number of nitro groups is 1. The average Bonchev–Trinajstić information content (AvgIpc) is 2.30. The molecule has 0 aromatic carbocycles. The van der Waals surface area contributed by atoms with Gasteiger partial charge in [-0.3, -0.25) is 19.9 Å². The van der Waals surface area contributed by atoms with Gasteiger partial charge in [-0.2, -0.15) is 0 Å². The Labute approximate surface area is 98.1 Å². The second-order valence-corrected chi connectivity index (χ2v) is 3.11. The number of rotatable bonds is 5. The van der Waals surface area contributed by atoms with Crippen LogP contribution in [0, 0.1) is 10.1 Å². The second-order valence-electron chi connectivity index (χ2n) is 3.11. The molecule has 1 heterocycles. The van der Waals surface area contributed by atoms with Crippen molar-refractivity contribution in [3.05, 3.63) is 40.2 Å². The molecule has 17 heavy (non-hydrogen) atoms. The molecule has 0 N–H and O–H groups in total. The van der Waals surface area contributed by atoms with Crippen LogP contribution in [0.3, 0.4) is 0 Å². The summed E-state index contributed by atoms with van der Waals surface area (Å²) in [5.41, 5.74) is 0.402. The molecule has 1 rings (SSSR count). The van der Waals surface area contributed by atoms with Gasteiger partial charge in [-0.25, -0.2) is 0 Å². The van der Waals surface area contributed by atoms with Crippen LogP contribution < -0.4 is 0 Å². The van der Waals surface area contributed by atoms with Crippen molar-refractivity contribution in [2.45, 2.75) is 13.3 Å². The van der Waals surface area contributed by atoms with E-state index in [0.717, 1.165) is 0 Å². The Morgan fingerprint density at radius 1 is 1.65 bits per heavy atom. The maximum Gasteiger partial charge on any atom is 0.309 e. The van der Waals surface area contributed by atoms with Crippen molar-refractivity contribution in [2.24, 2.45) is 0 Å². The van der Waals surface area contributed by atoms with Gasteiger partial charge in [0.1, 0.15) is 0 Å². The Balaban J connectivity index is 2.62. The molecule has 0 saturated carbocycles. The van der Waals surface area contributed by atoms with Crippen molar-refractivity contribution >= 4 is 17.7 Å². The molecule has 6 heteroatoms. The van der Waals surface area contributed by atoms with E-state index in [4.69, 9.17) is 4.74 Å². The van der Waals surface area contributed by atoms with Crippen LogP contribution in [0.5, 0.6) is 0 Å². The molecule has 0 bridgehead atoms. The SMILES string of the molecule is CCOC(=O)CC=Cc1cc([N+](=O)[O-])ccn1. The predicted molar refractivity (Wildman–Crippen MR) is 61.2 cm³/mol. The standard InChI is InChI=1S/C11H12N2O4/c1-2-17-11(14)5-3-4-9-8-10(13(15)16)6-7-12-9/h3-4,6-8H,2,5H2,1H3. The minimum Gasteiger partial charge on any atom is -0.466 e. The summed E-state index contributed by atoms with van der Waals surface area (Å²) in [6.45, 7) is 2.06. The number of esters is 1. The summed E-state index contributed by atoms with van der Waals surface area (Å²) >= 11 is 0. The number of hydrogen-bond acceptors (Lipinski definition) is 5. The average molecular weight is 236 g/mol. The van der Waals surface area contributed by atoms with Crippen LogP contribution in [0.15, 0.2) is 24.4 Å². The van der Waals surface area contributed by atoms with Crippen molar-refractivity contribution in [3.63, 3.8) is 0 Å². The molecule has 0 atom stereocenters. The molecule has 0 saturated heterocycles. The minimum atomic E-state index is -0.496. The van der Waals surface area contributed by atoms with Gasteiger partial charge in [0.05, 0.1) is 23.6 Å². The maximum absolute atomic E-state index is 11.0. The molecule has 0 amide bonds. The normalized spacial score (nSPS) is 10.4. The first-order valence-corrected chi connectivity index (χ1v) is 5.06. The lowest BCUT2D eigenvalue weighted by atomic mass is 10.3.